The van der Waals surface area contributed by atoms with Crippen LogP contribution < -0.4 is 0 Å². The standard InChI is InChI=1S/C16H23BrS2/c1-11-14(15(2,3)4)10-18-16(5,19-11)12-6-8-13(17)9-7-12/h6-9,11,14H,10H2,1-5H3. The fraction of sp³-hybridized carbons (Fsp3) is 0.625. The van der Waals surface area contributed by atoms with Crippen LogP contribution in [0.1, 0.15) is 40.2 Å². The Balaban J connectivity index is 2.18. The van der Waals surface area contributed by atoms with Crippen LogP contribution >= 0.6 is 39.5 Å². The van der Waals surface area contributed by atoms with Gasteiger partial charge in [0.05, 0.1) is 4.08 Å². The first-order chi connectivity index (χ1) is 8.72. The molecule has 1 aliphatic heterocycles. The van der Waals surface area contributed by atoms with E-state index in [1.54, 1.807) is 0 Å². The molecule has 0 spiro atoms. The molecule has 1 aliphatic rings. The van der Waals surface area contributed by atoms with Gasteiger partial charge in [-0.15, -0.1) is 23.5 Å². The Morgan fingerprint density at radius 2 is 1.79 bits per heavy atom. The maximum absolute atomic E-state index is 3.52. The zero-order valence-corrected chi connectivity index (χ0v) is 15.6. The topological polar surface area (TPSA) is 0 Å². The third-order valence-electron chi connectivity index (χ3n) is 4.00. The van der Waals surface area contributed by atoms with E-state index < -0.39 is 0 Å². The summed E-state index contributed by atoms with van der Waals surface area (Å²) in [5.74, 6) is 2.04. The van der Waals surface area contributed by atoms with Gasteiger partial charge in [-0.2, -0.15) is 0 Å². The van der Waals surface area contributed by atoms with Gasteiger partial charge < -0.3 is 0 Å². The van der Waals surface area contributed by atoms with Gasteiger partial charge in [0.25, 0.3) is 0 Å². The molecule has 0 saturated carbocycles. The van der Waals surface area contributed by atoms with Crippen LogP contribution in [-0.4, -0.2) is 11.0 Å². The molecule has 0 amide bonds. The minimum Gasteiger partial charge on any atom is -0.139 e. The lowest BCUT2D eigenvalue weighted by atomic mass is 9.80. The minimum absolute atomic E-state index is 0.196. The SMILES string of the molecule is CC1SC(C)(c2ccc(Br)cc2)SCC1C(C)(C)C. The van der Waals surface area contributed by atoms with E-state index in [0.717, 1.165) is 10.4 Å². The van der Waals surface area contributed by atoms with Crippen LogP contribution in [-0.2, 0) is 4.08 Å². The second kappa shape index (κ2) is 5.65. The summed E-state index contributed by atoms with van der Waals surface area (Å²) in [6, 6.07) is 8.83. The van der Waals surface area contributed by atoms with Gasteiger partial charge in [-0.1, -0.05) is 55.8 Å². The molecule has 0 N–H and O–H groups in total. The molecule has 2 rings (SSSR count). The molecule has 106 valence electrons. The molecule has 0 radical (unpaired) electrons. The third kappa shape index (κ3) is 3.54. The van der Waals surface area contributed by atoms with E-state index in [1.807, 2.05) is 0 Å². The van der Waals surface area contributed by atoms with Crippen molar-refractivity contribution < 1.29 is 0 Å². The second-order valence-electron chi connectivity index (χ2n) is 6.56. The number of benzene rings is 1. The van der Waals surface area contributed by atoms with Crippen LogP contribution in [0.15, 0.2) is 28.7 Å². The fourth-order valence-corrected chi connectivity index (χ4v) is 7.27. The van der Waals surface area contributed by atoms with Crippen LogP contribution in [0.2, 0.25) is 0 Å². The van der Waals surface area contributed by atoms with Gasteiger partial charge in [0.15, 0.2) is 0 Å². The highest BCUT2D eigenvalue weighted by molar-refractivity contribution is 9.10. The van der Waals surface area contributed by atoms with Crippen LogP contribution in [0.25, 0.3) is 0 Å². The first-order valence-corrected chi connectivity index (χ1v) is 9.46. The van der Waals surface area contributed by atoms with Gasteiger partial charge >= 0.3 is 0 Å². The first-order valence-electron chi connectivity index (χ1n) is 6.80. The number of halogens is 1. The molecule has 1 aromatic rings. The molecule has 0 aliphatic carbocycles. The summed E-state index contributed by atoms with van der Waals surface area (Å²) in [5.41, 5.74) is 1.84. The Labute approximate surface area is 134 Å². The van der Waals surface area contributed by atoms with Crippen molar-refractivity contribution in [1.29, 1.82) is 0 Å². The number of hydrogen-bond acceptors (Lipinski definition) is 2. The third-order valence-corrected chi connectivity index (χ3v) is 7.87. The summed E-state index contributed by atoms with van der Waals surface area (Å²) in [5, 5.41) is 0.704. The Morgan fingerprint density at radius 3 is 2.26 bits per heavy atom. The molecule has 1 heterocycles. The highest BCUT2D eigenvalue weighted by Gasteiger charge is 2.42. The normalized spacial score (nSPS) is 32.3. The number of rotatable bonds is 1. The van der Waals surface area contributed by atoms with E-state index >= 15 is 0 Å². The molecular formula is C16H23BrS2. The van der Waals surface area contributed by atoms with Crippen LogP contribution in [0.4, 0.5) is 0 Å². The maximum Gasteiger partial charge on any atom is 0.0835 e. The molecule has 0 aromatic heterocycles. The highest BCUT2D eigenvalue weighted by atomic mass is 79.9. The van der Waals surface area contributed by atoms with Gasteiger partial charge in [-0.05, 0) is 41.7 Å². The molecule has 0 bridgehead atoms. The monoisotopic (exact) mass is 358 g/mol. The van der Waals surface area contributed by atoms with E-state index in [2.05, 4.69) is 98.3 Å². The van der Waals surface area contributed by atoms with E-state index in [9.17, 15) is 0 Å². The second-order valence-corrected chi connectivity index (χ2v) is 11.0. The number of hydrogen-bond donors (Lipinski definition) is 0. The fourth-order valence-electron chi connectivity index (χ4n) is 2.71. The summed E-state index contributed by atoms with van der Waals surface area (Å²) in [6.07, 6.45) is 0. The lowest BCUT2D eigenvalue weighted by Gasteiger charge is -2.45. The van der Waals surface area contributed by atoms with Crippen LogP contribution in [0.5, 0.6) is 0 Å². The van der Waals surface area contributed by atoms with E-state index in [4.69, 9.17) is 0 Å². The van der Waals surface area contributed by atoms with E-state index in [1.165, 1.54) is 11.3 Å². The molecule has 0 nitrogen and oxygen atoms in total. The van der Waals surface area contributed by atoms with Crippen molar-refractivity contribution >= 4 is 39.5 Å². The molecule has 1 fully saturated rings. The summed E-state index contributed by atoms with van der Waals surface area (Å²) < 4.78 is 1.35. The largest absolute Gasteiger partial charge is 0.139 e. The molecule has 3 atom stereocenters. The van der Waals surface area contributed by atoms with Crippen molar-refractivity contribution in [3.05, 3.63) is 34.3 Å². The van der Waals surface area contributed by atoms with Crippen molar-refractivity contribution in [2.24, 2.45) is 11.3 Å². The Hall–Kier alpha value is 0.400. The summed E-state index contributed by atoms with van der Waals surface area (Å²) >= 11 is 7.76. The zero-order valence-electron chi connectivity index (χ0n) is 12.4. The van der Waals surface area contributed by atoms with Gasteiger partial charge in [0.1, 0.15) is 0 Å². The Morgan fingerprint density at radius 1 is 1.21 bits per heavy atom. The van der Waals surface area contributed by atoms with Crippen LogP contribution in [0, 0.1) is 11.3 Å². The molecule has 1 saturated heterocycles. The minimum atomic E-state index is 0.196. The van der Waals surface area contributed by atoms with Gasteiger partial charge in [-0.3, -0.25) is 0 Å². The summed E-state index contributed by atoms with van der Waals surface area (Å²) in [6.45, 7) is 11.9. The molecule has 3 heteroatoms. The van der Waals surface area contributed by atoms with Gasteiger partial charge in [-0.25, -0.2) is 0 Å². The first kappa shape index (κ1) is 15.8. The Bertz CT molecular complexity index is 435. The smallest absolute Gasteiger partial charge is 0.0835 e. The van der Waals surface area contributed by atoms with Crippen molar-refractivity contribution in [2.45, 2.75) is 43.9 Å². The van der Waals surface area contributed by atoms with Crippen molar-refractivity contribution in [3.63, 3.8) is 0 Å². The van der Waals surface area contributed by atoms with E-state index in [-0.39, 0.29) is 4.08 Å². The lowest BCUT2D eigenvalue weighted by Crippen LogP contribution is -2.37. The molecule has 3 unspecified atom stereocenters. The zero-order chi connectivity index (χ0) is 14.3. The predicted molar refractivity (Wildman–Crippen MR) is 94.0 cm³/mol. The summed E-state index contributed by atoms with van der Waals surface area (Å²) in [7, 11) is 0. The van der Waals surface area contributed by atoms with Crippen molar-refractivity contribution in [1.82, 2.24) is 0 Å². The molecular weight excluding hydrogens is 336 g/mol. The molecule has 19 heavy (non-hydrogen) atoms. The average Bonchev–Trinajstić information content (AvgIpc) is 2.27. The predicted octanol–water partition coefficient (Wildman–Crippen LogP) is 6.15. The van der Waals surface area contributed by atoms with Crippen LogP contribution in [0.3, 0.4) is 0 Å². The van der Waals surface area contributed by atoms with E-state index in [0.29, 0.717) is 10.7 Å². The van der Waals surface area contributed by atoms with Gasteiger partial charge in [0.2, 0.25) is 0 Å². The molecule has 1 aromatic carbocycles. The quantitative estimate of drug-likeness (QED) is 0.590. The number of thioether (sulfide) groups is 2. The Kier molecular flexibility index (Phi) is 4.69. The van der Waals surface area contributed by atoms with Gasteiger partial charge in [0, 0.05) is 9.72 Å². The maximum atomic E-state index is 3.52. The highest BCUT2D eigenvalue weighted by Crippen LogP contribution is 2.56. The summed E-state index contributed by atoms with van der Waals surface area (Å²) in [4.78, 5) is 0. The average molecular weight is 359 g/mol. The lowest BCUT2D eigenvalue weighted by molar-refractivity contribution is 0.264. The van der Waals surface area contributed by atoms with Crippen molar-refractivity contribution in [3.8, 4) is 0 Å². The van der Waals surface area contributed by atoms with Crippen molar-refractivity contribution in [2.75, 3.05) is 5.75 Å².